The number of hydrogen-bond donors (Lipinski definition) is 2. The Morgan fingerprint density at radius 3 is 3.06 bits per heavy atom. The van der Waals surface area contributed by atoms with Gasteiger partial charge in [0.2, 0.25) is 0 Å². The first kappa shape index (κ1) is 11.5. The number of ether oxygens (including phenoxy) is 1. The Morgan fingerprint density at radius 1 is 1.50 bits per heavy atom. The minimum Gasteiger partial charge on any atom is -0.408 e. The van der Waals surface area contributed by atoms with Crippen molar-refractivity contribution >= 4 is 11.1 Å². The van der Waals surface area contributed by atoms with Gasteiger partial charge in [0.15, 0.2) is 5.58 Å². The molecule has 1 saturated heterocycles. The lowest BCUT2D eigenvalue weighted by Crippen LogP contribution is -2.21. The number of fused-ring (bicyclic) bond motifs is 1. The second kappa shape index (κ2) is 4.26. The summed E-state index contributed by atoms with van der Waals surface area (Å²) in [7, 11) is 0. The van der Waals surface area contributed by atoms with Crippen molar-refractivity contribution in [2.24, 2.45) is 11.7 Å². The number of aromatic nitrogens is 1. The molecule has 1 aromatic heterocycles. The predicted octanol–water partition coefficient (Wildman–Crippen LogP) is 1.55. The van der Waals surface area contributed by atoms with Crippen LogP contribution in [0.3, 0.4) is 0 Å². The van der Waals surface area contributed by atoms with E-state index < -0.39 is 5.76 Å². The Labute approximate surface area is 104 Å². The first-order valence-electron chi connectivity index (χ1n) is 6.13. The van der Waals surface area contributed by atoms with E-state index in [1.54, 1.807) is 0 Å². The number of H-pyrrole nitrogens is 1. The summed E-state index contributed by atoms with van der Waals surface area (Å²) in [5.74, 6) is -0.114. The Bertz CT molecular complexity index is 616. The van der Waals surface area contributed by atoms with Crippen molar-refractivity contribution in [1.82, 2.24) is 4.98 Å². The lowest BCUT2D eigenvalue weighted by Gasteiger charge is -2.17. The van der Waals surface area contributed by atoms with E-state index in [-0.39, 0.29) is 12.1 Å². The van der Waals surface area contributed by atoms with Gasteiger partial charge in [0, 0.05) is 12.0 Å². The number of hydrogen-bond acceptors (Lipinski definition) is 4. The van der Waals surface area contributed by atoms with Crippen LogP contribution in [0.1, 0.15) is 24.9 Å². The summed E-state index contributed by atoms with van der Waals surface area (Å²) >= 11 is 0. The maximum absolute atomic E-state index is 11.1. The van der Waals surface area contributed by atoms with Gasteiger partial charge in [0.1, 0.15) is 0 Å². The fourth-order valence-electron chi connectivity index (χ4n) is 2.54. The van der Waals surface area contributed by atoms with Crippen LogP contribution in [-0.2, 0) is 4.74 Å². The summed E-state index contributed by atoms with van der Waals surface area (Å²) in [6.45, 7) is 2.75. The van der Waals surface area contributed by atoms with E-state index in [0.717, 1.165) is 12.0 Å². The molecule has 0 amide bonds. The maximum atomic E-state index is 11.1. The van der Waals surface area contributed by atoms with Crippen molar-refractivity contribution in [2.75, 3.05) is 6.61 Å². The zero-order valence-corrected chi connectivity index (χ0v) is 10.2. The van der Waals surface area contributed by atoms with E-state index in [0.29, 0.717) is 23.6 Å². The molecular formula is C13H16N2O3. The highest BCUT2D eigenvalue weighted by Gasteiger charge is 2.28. The monoisotopic (exact) mass is 248 g/mol. The van der Waals surface area contributed by atoms with Gasteiger partial charge in [0.25, 0.3) is 0 Å². The quantitative estimate of drug-likeness (QED) is 0.844. The molecule has 0 bridgehead atoms. The largest absolute Gasteiger partial charge is 0.417 e. The van der Waals surface area contributed by atoms with Gasteiger partial charge in [-0.1, -0.05) is 6.07 Å². The van der Waals surface area contributed by atoms with Crippen molar-refractivity contribution in [2.45, 2.75) is 25.5 Å². The fraction of sp³-hybridized carbons (Fsp3) is 0.462. The maximum Gasteiger partial charge on any atom is 0.417 e. The van der Waals surface area contributed by atoms with Crippen LogP contribution in [0.15, 0.2) is 27.4 Å². The van der Waals surface area contributed by atoms with Crippen LogP contribution < -0.4 is 11.5 Å². The number of nitrogens with two attached hydrogens (primary N) is 1. The fourth-order valence-corrected chi connectivity index (χ4v) is 2.54. The van der Waals surface area contributed by atoms with E-state index in [4.69, 9.17) is 14.9 Å². The van der Waals surface area contributed by atoms with Crippen LogP contribution in [0.2, 0.25) is 0 Å². The van der Waals surface area contributed by atoms with E-state index in [9.17, 15) is 4.79 Å². The van der Waals surface area contributed by atoms with Crippen molar-refractivity contribution in [3.05, 3.63) is 34.3 Å². The first-order valence-corrected chi connectivity index (χ1v) is 6.13. The molecule has 1 aliphatic heterocycles. The van der Waals surface area contributed by atoms with Crippen LogP contribution >= 0.6 is 0 Å². The smallest absolute Gasteiger partial charge is 0.408 e. The predicted molar refractivity (Wildman–Crippen MR) is 67.3 cm³/mol. The van der Waals surface area contributed by atoms with Gasteiger partial charge in [-0.3, -0.25) is 4.98 Å². The molecule has 3 N–H and O–H groups in total. The van der Waals surface area contributed by atoms with Crippen molar-refractivity contribution in [3.63, 3.8) is 0 Å². The molecule has 5 heteroatoms. The number of aromatic amines is 1. The van der Waals surface area contributed by atoms with Gasteiger partial charge in [-0.2, -0.15) is 0 Å². The molecule has 0 aliphatic carbocycles. The van der Waals surface area contributed by atoms with Crippen molar-refractivity contribution in [1.29, 1.82) is 0 Å². The molecule has 0 saturated carbocycles. The zero-order chi connectivity index (χ0) is 12.7. The van der Waals surface area contributed by atoms with E-state index in [2.05, 4.69) is 11.9 Å². The van der Waals surface area contributed by atoms with Gasteiger partial charge in [-0.15, -0.1) is 0 Å². The summed E-state index contributed by atoms with van der Waals surface area (Å²) in [6, 6.07) is 5.51. The third kappa shape index (κ3) is 1.95. The summed E-state index contributed by atoms with van der Waals surface area (Å²) in [5.41, 5.74) is 8.49. The van der Waals surface area contributed by atoms with E-state index >= 15 is 0 Å². The molecule has 0 spiro atoms. The third-order valence-corrected chi connectivity index (χ3v) is 3.57. The second-order valence-electron chi connectivity index (χ2n) is 4.94. The molecule has 3 unspecified atom stereocenters. The minimum absolute atomic E-state index is 0.0837. The third-order valence-electron chi connectivity index (χ3n) is 3.57. The molecule has 18 heavy (non-hydrogen) atoms. The topological polar surface area (TPSA) is 81.3 Å². The summed E-state index contributed by atoms with van der Waals surface area (Å²) < 4.78 is 10.6. The van der Waals surface area contributed by atoms with Crippen LogP contribution in [-0.4, -0.2) is 17.7 Å². The van der Waals surface area contributed by atoms with E-state index in [1.807, 2.05) is 18.2 Å². The average molecular weight is 248 g/mol. The lowest BCUT2D eigenvalue weighted by molar-refractivity contribution is 0.118. The highest BCUT2D eigenvalue weighted by molar-refractivity contribution is 5.72. The summed E-state index contributed by atoms with van der Waals surface area (Å²) in [5, 5.41) is 0. The highest BCUT2D eigenvalue weighted by Crippen LogP contribution is 2.30. The van der Waals surface area contributed by atoms with Crippen LogP contribution in [0, 0.1) is 5.92 Å². The molecule has 3 rings (SSSR count). The number of benzene rings is 1. The molecule has 3 atom stereocenters. The number of nitrogens with one attached hydrogen (secondary N) is 1. The number of rotatable bonds is 2. The van der Waals surface area contributed by atoms with Gasteiger partial charge >= 0.3 is 5.76 Å². The highest BCUT2D eigenvalue weighted by atomic mass is 16.5. The van der Waals surface area contributed by atoms with Gasteiger partial charge in [-0.25, -0.2) is 4.79 Å². The Balaban J connectivity index is 1.91. The standard InChI is InChI=1S/C13H16N2O3/c1-7-4-9(6-17-7)12(14)8-2-3-10-11(5-8)18-13(16)15-10/h2-3,5,7,9,12H,4,6,14H2,1H3,(H,15,16). The molecular weight excluding hydrogens is 232 g/mol. The SMILES string of the molecule is CC1CC(C(N)c2ccc3[nH]c(=O)oc3c2)CO1. The lowest BCUT2D eigenvalue weighted by atomic mass is 9.92. The Kier molecular flexibility index (Phi) is 2.72. The van der Waals surface area contributed by atoms with E-state index in [1.165, 1.54) is 0 Å². The molecule has 2 aromatic rings. The minimum atomic E-state index is -0.437. The molecule has 96 valence electrons. The van der Waals surface area contributed by atoms with Gasteiger partial charge < -0.3 is 14.9 Å². The molecule has 1 aromatic carbocycles. The Morgan fingerprint density at radius 2 is 2.33 bits per heavy atom. The van der Waals surface area contributed by atoms with Crippen molar-refractivity contribution in [3.8, 4) is 0 Å². The molecule has 1 aliphatic rings. The van der Waals surface area contributed by atoms with Crippen LogP contribution in [0.4, 0.5) is 0 Å². The molecule has 5 nitrogen and oxygen atoms in total. The zero-order valence-electron chi connectivity index (χ0n) is 10.2. The summed E-state index contributed by atoms with van der Waals surface area (Å²) in [6.07, 6.45) is 1.24. The van der Waals surface area contributed by atoms with Crippen LogP contribution in [0.5, 0.6) is 0 Å². The van der Waals surface area contributed by atoms with Gasteiger partial charge in [-0.05, 0) is 31.0 Å². The first-order chi connectivity index (χ1) is 8.63. The molecule has 0 radical (unpaired) electrons. The number of oxazole rings is 1. The molecule has 2 heterocycles. The van der Waals surface area contributed by atoms with Crippen molar-refractivity contribution < 1.29 is 9.15 Å². The second-order valence-corrected chi connectivity index (χ2v) is 4.94. The van der Waals surface area contributed by atoms with Gasteiger partial charge in [0.05, 0.1) is 18.2 Å². The summed E-state index contributed by atoms with van der Waals surface area (Å²) in [4.78, 5) is 13.7. The molecule has 1 fully saturated rings. The normalized spacial score (nSPS) is 25.7. The van der Waals surface area contributed by atoms with Crippen LogP contribution in [0.25, 0.3) is 11.1 Å². The Hall–Kier alpha value is -1.59. The average Bonchev–Trinajstić information content (AvgIpc) is 2.92.